The fourth-order valence-electron chi connectivity index (χ4n) is 4.40. The lowest BCUT2D eigenvalue weighted by Gasteiger charge is -2.33. The van der Waals surface area contributed by atoms with Crippen LogP contribution in [0, 0.1) is 6.92 Å². The van der Waals surface area contributed by atoms with E-state index < -0.39 is 28.5 Å². The molecule has 1 aliphatic rings. The second kappa shape index (κ2) is 12.0. The summed E-state index contributed by atoms with van der Waals surface area (Å²) in [5.41, 5.74) is 2.30. The van der Waals surface area contributed by atoms with Crippen LogP contribution in [0.4, 0.5) is 5.69 Å². The fraction of sp³-hybridized carbons (Fsp3) is 0.462. The van der Waals surface area contributed by atoms with Crippen LogP contribution in [0.1, 0.15) is 50.2 Å². The first-order valence-corrected chi connectivity index (χ1v) is 14.6. The minimum absolute atomic E-state index is 0.115. The van der Waals surface area contributed by atoms with Crippen molar-refractivity contribution in [2.24, 2.45) is 0 Å². The molecule has 0 aliphatic heterocycles. The number of aryl methyl sites for hydroxylation is 1. The van der Waals surface area contributed by atoms with Gasteiger partial charge in [-0.25, -0.2) is 8.42 Å². The number of hydrogen-bond acceptors (Lipinski definition) is 4. The highest BCUT2D eigenvalue weighted by atomic mass is 79.9. The van der Waals surface area contributed by atoms with Gasteiger partial charge in [-0.05, 0) is 50.5 Å². The van der Waals surface area contributed by atoms with Gasteiger partial charge in [-0.1, -0.05) is 71.1 Å². The maximum absolute atomic E-state index is 13.6. The van der Waals surface area contributed by atoms with Crippen LogP contribution >= 0.6 is 15.9 Å². The Morgan fingerprint density at radius 1 is 1.09 bits per heavy atom. The van der Waals surface area contributed by atoms with Crippen LogP contribution in [0.15, 0.2) is 53.0 Å². The molecule has 1 fully saturated rings. The van der Waals surface area contributed by atoms with E-state index in [4.69, 9.17) is 0 Å². The van der Waals surface area contributed by atoms with Crippen molar-refractivity contribution in [3.8, 4) is 0 Å². The summed E-state index contributed by atoms with van der Waals surface area (Å²) in [5, 5.41) is 3.10. The van der Waals surface area contributed by atoms with E-state index in [2.05, 4.69) is 21.2 Å². The number of sulfonamides is 1. The number of carbonyl (C=O) groups excluding carboxylic acids is 2. The van der Waals surface area contributed by atoms with Crippen molar-refractivity contribution in [2.75, 3.05) is 17.1 Å². The zero-order chi connectivity index (χ0) is 25.6. The van der Waals surface area contributed by atoms with E-state index in [1.54, 1.807) is 31.2 Å². The molecule has 0 bridgehead atoms. The first-order chi connectivity index (χ1) is 16.5. The number of anilines is 1. The maximum atomic E-state index is 13.6. The van der Waals surface area contributed by atoms with E-state index in [0.29, 0.717) is 10.2 Å². The van der Waals surface area contributed by atoms with Crippen LogP contribution in [0.3, 0.4) is 0 Å². The van der Waals surface area contributed by atoms with E-state index in [1.807, 2.05) is 31.2 Å². The summed E-state index contributed by atoms with van der Waals surface area (Å²) in [6.07, 6.45) is 6.30. The molecule has 3 rings (SSSR count). The second-order valence-electron chi connectivity index (χ2n) is 9.28. The van der Waals surface area contributed by atoms with Crippen LogP contribution in [0.25, 0.3) is 0 Å². The number of halogens is 1. The lowest BCUT2D eigenvalue weighted by atomic mass is 9.95. The van der Waals surface area contributed by atoms with Crippen molar-refractivity contribution in [3.63, 3.8) is 0 Å². The summed E-state index contributed by atoms with van der Waals surface area (Å²) in [6, 6.07) is 13.9. The third-order valence-corrected chi connectivity index (χ3v) is 7.96. The molecule has 0 radical (unpaired) electrons. The van der Waals surface area contributed by atoms with E-state index in [0.717, 1.165) is 47.4 Å². The number of amides is 2. The Balaban J connectivity index is 1.87. The highest BCUT2D eigenvalue weighted by Crippen LogP contribution is 2.23. The summed E-state index contributed by atoms with van der Waals surface area (Å²) in [5.74, 6) is -0.658. The summed E-state index contributed by atoms with van der Waals surface area (Å²) in [7, 11) is -3.75. The van der Waals surface area contributed by atoms with Gasteiger partial charge in [0.25, 0.3) is 0 Å². The van der Waals surface area contributed by atoms with E-state index in [9.17, 15) is 18.0 Å². The van der Waals surface area contributed by atoms with Gasteiger partial charge in [0.1, 0.15) is 12.6 Å². The molecule has 190 valence electrons. The van der Waals surface area contributed by atoms with E-state index in [1.165, 1.54) is 11.3 Å². The Bertz CT molecular complexity index is 1150. The second-order valence-corrected chi connectivity index (χ2v) is 12.1. The van der Waals surface area contributed by atoms with Crippen LogP contribution < -0.4 is 9.62 Å². The minimum Gasteiger partial charge on any atom is -0.352 e. The van der Waals surface area contributed by atoms with Gasteiger partial charge in [-0.2, -0.15) is 0 Å². The molecule has 35 heavy (non-hydrogen) atoms. The Morgan fingerprint density at radius 3 is 2.40 bits per heavy atom. The number of hydrogen-bond donors (Lipinski definition) is 1. The van der Waals surface area contributed by atoms with Gasteiger partial charge in [-0.3, -0.25) is 13.9 Å². The topological polar surface area (TPSA) is 86.8 Å². The van der Waals surface area contributed by atoms with Gasteiger partial charge in [0, 0.05) is 17.1 Å². The smallest absolute Gasteiger partial charge is 0.244 e. The first kappa shape index (κ1) is 27.2. The zero-order valence-corrected chi connectivity index (χ0v) is 22.9. The van der Waals surface area contributed by atoms with Crippen LogP contribution in [0.2, 0.25) is 0 Å². The Hall–Kier alpha value is -2.39. The molecule has 0 spiro atoms. The van der Waals surface area contributed by atoms with Crippen molar-refractivity contribution in [1.82, 2.24) is 10.2 Å². The minimum atomic E-state index is -3.75. The molecule has 1 saturated carbocycles. The normalized spacial score (nSPS) is 15.3. The summed E-state index contributed by atoms with van der Waals surface area (Å²) in [4.78, 5) is 28.3. The number of rotatable bonds is 9. The quantitative estimate of drug-likeness (QED) is 0.490. The third kappa shape index (κ3) is 7.80. The number of nitrogens with one attached hydrogen (secondary N) is 1. The van der Waals surface area contributed by atoms with Crippen LogP contribution in [-0.4, -0.2) is 50.0 Å². The molecule has 1 atom stereocenters. The number of benzene rings is 2. The monoisotopic (exact) mass is 563 g/mol. The maximum Gasteiger partial charge on any atom is 0.244 e. The zero-order valence-electron chi connectivity index (χ0n) is 20.5. The molecule has 1 N–H and O–H groups in total. The van der Waals surface area contributed by atoms with Gasteiger partial charge in [0.2, 0.25) is 21.8 Å². The predicted molar refractivity (Wildman–Crippen MR) is 143 cm³/mol. The summed E-state index contributed by atoms with van der Waals surface area (Å²) < 4.78 is 27.0. The highest BCUT2D eigenvalue weighted by molar-refractivity contribution is 9.10. The molecule has 7 nitrogen and oxygen atoms in total. The highest BCUT2D eigenvalue weighted by Gasteiger charge is 2.31. The van der Waals surface area contributed by atoms with E-state index >= 15 is 0 Å². The average molecular weight is 565 g/mol. The lowest BCUT2D eigenvalue weighted by molar-refractivity contribution is -0.139. The summed E-state index contributed by atoms with van der Waals surface area (Å²) >= 11 is 3.36. The van der Waals surface area contributed by atoms with Gasteiger partial charge in [0.05, 0.1) is 11.9 Å². The van der Waals surface area contributed by atoms with Gasteiger partial charge in [0.15, 0.2) is 0 Å². The lowest BCUT2D eigenvalue weighted by Crippen LogP contribution is -2.52. The Morgan fingerprint density at radius 2 is 1.77 bits per heavy atom. The van der Waals surface area contributed by atoms with E-state index in [-0.39, 0.29) is 18.5 Å². The molecular formula is C26H34BrN3O4S. The van der Waals surface area contributed by atoms with Gasteiger partial charge < -0.3 is 10.2 Å². The largest absolute Gasteiger partial charge is 0.352 e. The average Bonchev–Trinajstić information content (AvgIpc) is 2.80. The molecule has 0 heterocycles. The molecule has 0 saturated heterocycles. The Labute approximate surface area is 217 Å². The van der Waals surface area contributed by atoms with Gasteiger partial charge in [-0.15, -0.1) is 0 Å². The first-order valence-electron chi connectivity index (χ1n) is 11.9. The molecule has 2 amide bonds. The van der Waals surface area contributed by atoms with Crippen LogP contribution in [-0.2, 0) is 26.2 Å². The molecule has 0 unspecified atom stereocenters. The Kier molecular flexibility index (Phi) is 9.35. The SMILES string of the molecule is Cc1cccc(CN(C(=O)CN(c2cccc(Br)c2)S(C)(=O)=O)[C@@H](C)C(=O)NC2CCCCC2)c1. The van der Waals surface area contributed by atoms with Crippen molar-refractivity contribution in [3.05, 3.63) is 64.1 Å². The standard InChI is InChI=1S/C26H34BrN3O4S/c1-19-9-7-10-21(15-19)17-29(20(2)26(32)28-23-12-5-4-6-13-23)25(31)18-30(35(3,33)34)24-14-8-11-22(27)16-24/h7-11,14-16,20,23H,4-6,12-13,17-18H2,1-3H3,(H,28,32)/t20-/m0/s1. The van der Waals surface area contributed by atoms with Crippen LogP contribution in [0.5, 0.6) is 0 Å². The molecule has 0 aromatic heterocycles. The van der Waals surface area contributed by atoms with Crippen molar-refractivity contribution >= 4 is 43.5 Å². The molecule has 2 aromatic rings. The molecular weight excluding hydrogens is 530 g/mol. The number of nitrogens with zero attached hydrogens (tertiary/aromatic N) is 2. The van der Waals surface area contributed by atoms with Crippen molar-refractivity contribution < 1.29 is 18.0 Å². The molecule has 2 aromatic carbocycles. The summed E-state index contributed by atoms with van der Waals surface area (Å²) in [6.45, 7) is 3.47. The number of carbonyl (C=O) groups is 2. The predicted octanol–water partition coefficient (Wildman–Crippen LogP) is 4.39. The molecule has 9 heteroatoms. The van der Waals surface area contributed by atoms with Crippen molar-refractivity contribution in [1.29, 1.82) is 0 Å². The third-order valence-electron chi connectivity index (χ3n) is 6.33. The van der Waals surface area contributed by atoms with Crippen molar-refractivity contribution in [2.45, 2.75) is 64.6 Å². The molecule has 1 aliphatic carbocycles. The fourth-order valence-corrected chi connectivity index (χ4v) is 5.63. The van der Waals surface area contributed by atoms with Gasteiger partial charge >= 0.3 is 0 Å².